The molecule has 1 amide bonds. The fourth-order valence-corrected chi connectivity index (χ4v) is 2.14. The minimum atomic E-state index is -0.385. The minimum Gasteiger partial charge on any atom is -0.484 e. The van der Waals surface area contributed by atoms with E-state index in [4.69, 9.17) is 19.5 Å². The highest BCUT2D eigenvalue weighted by molar-refractivity contribution is 5.99. The molecular formula is C18H15N3O4. The molecule has 0 fully saturated rings. The van der Waals surface area contributed by atoms with Crippen LogP contribution in [0.1, 0.15) is 18.1 Å². The van der Waals surface area contributed by atoms with Gasteiger partial charge in [0, 0.05) is 5.56 Å². The highest BCUT2D eigenvalue weighted by Gasteiger charge is 2.14. The standard InChI is InChI=1S/C18H15N3O4/c1-12(14-4-7-16-17(8-14)25-11-24-16)20-21-18(22)10-23-15-5-2-13(9-19)3-6-15/h2-8H,10-11H2,1H3,(H,21,22)/b20-12-. The average molecular weight is 337 g/mol. The lowest BCUT2D eigenvalue weighted by Crippen LogP contribution is -2.25. The number of hydrogen-bond donors (Lipinski definition) is 1. The number of benzene rings is 2. The van der Waals surface area contributed by atoms with Crippen molar-refractivity contribution >= 4 is 11.6 Å². The number of fused-ring (bicyclic) bond motifs is 1. The molecule has 25 heavy (non-hydrogen) atoms. The molecule has 2 aromatic carbocycles. The lowest BCUT2D eigenvalue weighted by molar-refractivity contribution is -0.123. The monoisotopic (exact) mass is 337 g/mol. The number of nitriles is 1. The molecule has 1 aliphatic heterocycles. The molecule has 0 spiro atoms. The molecule has 0 aromatic heterocycles. The Hall–Kier alpha value is -3.53. The quantitative estimate of drug-likeness (QED) is 0.667. The maximum atomic E-state index is 11.8. The molecule has 3 rings (SSSR count). The first kappa shape index (κ1) is 16.3. The van der Waals surface area contributed by atoms with Crippen LogP contribution in [0.5, 0.6) is 17.2 Å². The van der Waals surface area contributed by atoms with Gasteiger partial charge in [0.2, 0.25) is 6.79 Å². The summed E-state index contributed by atoms with van der Waals surface area (Å²) < 4.78 is 15.9. The topological polar surface area (TPSA) is 92.9 Å². The van der Waals surface area contributed by atoms with Gasteiger partial charge in [-0.1, -0.05) is 0 Å². The highest BCUT2D eigenvalue weighted by Crippen LogP contribution is 2.32. The summed E-state index contributed by atoms with van der Waals surface area (Å²) in [6, 6.07) is 14.0. The summed E-state index contributed by atoms with van der Waals surface area (Å²) >= 11 is 0. The summed E-state index contributed by atoms with van der Waals surface area (Å²) in [5.41, 5.74) is 4.42. The molecule has 0 saturated heterocycles. The third kappa shape index (κ3) is 4.06. The number of ether oxygens (including phenoxy) is 3. The molecule has 1 heterocycles. The lowest BCUT2D eigenvalue weighted by atomic mass is 10.1. The Kier molecular flexibility index (Phi) is 4.81. The number of amides is 1. The van der Waals surface area contributed by atoms with Crippen LogP contribution in [-0.2, 0) is 4.79 Å². The minimum absolute atomic E-state index is 0.177. The van der Waals surface area contributed by atoms with Gasteiger partial charge in [-0.25, -0.2) is 5.43 Å². The van der Waals surface area contributed by atoms with Crippen molar-refractivity contribution in [3.8, 4) is 23.3 Å². The van der Waals surface area contributed by atoms with Crippen LogP contribution in [-0.4, -0.2) is 25.0 Å². The van der Waals surface area contributed by atoms with Crippen molar-refractivity contribution < 1.29 is 19.0 Å². The first-order chi connectivity index (χ1) is 12.2. The van der Waals surface area contributed by atoms with Gasteiger partial charge in [0.15, 0.2) is 18.1 Å². The van der Waals surface area contributed by atoms with E-state index in [1.54, 1.807) is 43.3 Å². The summed E-state index contributed by atoms with van der Waals surface area (Å²) in [5, 5.41) is 12.8. The van der Waals surface area contributed by atoms with Crippen molar-refractivity contribution in [1.29, 1.82) is 5.26 Å². The van der Waals surface area contributed by atoms with E-state index in [2.05, 4.69) is 10.5 Å². The summed E-state index contributed by atoms with van der Waals surface area (Å²) in [6.07, 6.45) is 0. The lowest BCUT2D eigenvalue weighted by Gasteiger charge is -2.06. The number of nitrogens with zero attached hydrogens (tertiary/aromatic N) is 2. The fourth-order valence-electron chi connectivity index (χ4n) is 2.14. The third-order valence-electron chi connectivity index (χ3n) is 3.49. The van der Waals surface area contributed by atoms with Crippen molar-refractivity contribution in [2.24, 2.45) is 5.10 Å². The Labute approximate surface area is 144 Å². The molecule has 7 nitrogen and oxygen atoms in total. The number of nitrogens with one attached hydrogen (secondary N) is 1. The van der Waals surface area contributed by atoms with Crippen LogP contribution in [0.4, 0.5) is 0 Å². The van der Waals surface area contributed by atoms with Crippen molar-refractivity contribution in [3.05, 3.63) is 53.6 Å². The normalized spacial score (nSPS) is 12.4. The number of hydrogen-bond acceptors (Lipinski definition) is 6. The maximum Gasteiger partial charge on any atom is 0.277 e. The smallest absolute Gasteiger partial charge is 0.277 e. The van der Waals surface area contributed by atoms with Crippen LogP contribution in [0.2, 0.25) is 0 Å². The van der Waals surface area contributed by atoms with E-state index in [1.165, 1.54) is 0 Å². The predicted molar refractivity (Wildman–Crippen MR) is 89.6 cm³/mol. The van der Waals surface area contributed by atoms with Gasteiger partial charge in [0.1, 0.15) is 5.75 Å². The molecule has 0 atom stereocenters. The maximum absolute atomic E-state index is 11.8. The van der Waals surface area contributed by atoms with Crippen molar-refractivity contribution in [3.63, 3.8) is 0 Å². The first-order valence-corrected chi connectivity index (χ1v) is 7.52. The van der Waals surface area contributed by atoms with E-state index >= 15 is 0 Å². The summed E-state index contributed by atoms with van der Waals surface area (Å²) in [7, 11) is 0. The molecule has 2 aromatic rings. The molecule has 0 aliphatic carbocycles. The predicted octanol–water partition coefficient (Wildman–Crippen LogP) is 2.21. The van der Waals surface area contributed by atoms with E-state index in [-0.39, 0.29) is 19.3 Å². The van der Waals surface area contributed by atoms with Crippen LogP contribution in [0, 0.1) is 11.3 Å². The van der Waals surface area contributed by atoms with E-state index < -0.39 is 0 Å². The zero-order chi connectivity index (χ0) is 17.6. The van der Waals surface area contributed by atoms with Gasteiger partial charge in [-0.3, -0.25) is 4.79 Å². The average Bonchev–Trinajstić information content (AvgIpc) is 3.12. The van der Waals surface area contributed by atoms with Gasteiger partial charge in [-0.15, -0.1) is 0 Å². The second kappa shape index (κ2) is 7.36. The third-order valence-corrected chi connectivity index (χ3v) is 3.49. The Morgan fingerprint density at radius 2 is 2.00 bits per heavy atom. The molecule has 0 saturated carbocycles. The van der Waals surface area contributed by atoms with Gasteiger partial charge in [0.05, 0.1) is 17.3 Å². The van der Waals surface area contributed by atoms with Gasteiger partial charge >= 0.3 is 0 Å². The van der Waals surface area contributed by atoms with Crippen LogP contribution < -0.4 is 19.6 Å². The Morgan fingerprint density at radius 1 is 1.24 bits per heavy atom. The highest BCUT2D eigenvalue weighted by atomic mass is 16.7. The molecule has 0 unspecified atom stereocenters. The van der Waals surface area contributed by atoms with Gasteiger partial charge in [-0.05, 0) is 49.4 Å². The molecule has 1 N–H and O–H groups in total. The van der Waals surface area contributed by atoms with Gasteiger partial charge < -0.3 is 14.2 Å². The second-order valence-corrected chi connectivity index (χ2v) is 5.23. The molecule has 0 bridgehead atoms. The van der Waals surface area contributed by atoms with Crippen LogP contribution in [0.25, 0.3) is 0 Å². The number of carbonyl (C=O) groups excluding carboxylic acids is 1. The number of carbonyl (C=O) groups is 1. The van der Waals surface area contributed by atoms with Gasteiger partial charge in [0.25, 0.3) is 5.91 Å². The molecule has 0 radical (unpaired) electrons. The molecule has 7 heteroatoms. The summed E-state index contributed by atoms with van der Waals surface area (Å²) in [5.74, 6) is 1.47. The van der Waals surface area contributed by atoms with Crippen molar-refractivity contribution in [2.75, 3.05) is 13.4 Å². The van der Waals surface area contributed by atoms with Gasteiger partial charge in [-0.2, -0.15) is 10.4 Å². The fraction of sp³-hybridized carbons (Fsp3) is 0.167. The van der Waals surface area contributed by atoms with Crippen LogP contribution in [0.3, 0.4) is 0 Å². The Balaban J connectivity index is 1.53. The van der Waals surface area contributed by atoms with E-state index in [0.29, 0.717) is 28.5 Å². The molecule has 1 aliphatic rings. The van der Waals surface area contributed by atoms with Crippen LogP contribution in [0.15, 0.2) is 47.6 Å². The van der Waals surface area contributed by atoms with E-state index in [0.717, 1.165) is 5.56 Å². The van der Waals surface area contributed by atoms with E-state index in [1.807, 2.05) is 12.1 Å². The zero-order valence-corrected chi connectivity index (χ0v) is 13.5. The number of rotatable bonds is 5. The zero-order valence-electron chi connectivity index (χ0n) is 13.5. The van der Waals surface area contributed by atoms with Crippen molar-refractivity contribution in [1.82, 2.24) is 5.43 Å². The van der Waals surface area contributed by atoms with Crippen molar-refractivity contribution in [2.45, 2.75) is 6.92 Å². The van der Waals surface area contributed by atoms with E-state index in [9.17, 15) is 4.79 Å². The van der Waals surface area contributed by atoms with Crippen LogP contribution >= 0.6 is 0 Å². The summed E-state index contributed by atoms with van der Waals surface area (Å²) in [6.45, 7) is 1.81. The number of hydrazone groups is 1. The second-order valence-electron chi connectivity index (χ2n) is 5.23. The Morgan fingerprint density at radius 3 is 2.76 bits per heavy atom. The largest absolute Gasteiger partial charge is 0.484 e. The molecule has 126 valence electrons. The Bertz CT molecular complexity index is 854. The SMILES string of the molecule is C/C(=N/NC(=O)COc1ccc(C#N)cc1)c1ccc2c(c1)OCO2. The summed E-state index contributed by atoms with van der Waals surface area (Å²) in [4.78, 5) is 11.8. The first-order valence-electron chi connectivity index (χ1n) is 7.52. The molecular weight excluding hydrogens is 322 g/mol.